The van der Waals surface area contributed by atoms with Crippen LogP contribution in [0.25, 0.3) is 121 Å². The molecule has 2 aliphatic rings. The van der Waals surface area contributed by atoms with Crippen molar-refractivity contribution < 1.29 is 0 Å². The lowest BCUT2D eigenvalue weighted by molar-refractivity contribution is 0.759. The topological polar surface area (TPSA) is 42.7 Å². The molecule has 73 heavy (non-hydrogen) atoms. The fraction of sp³-hybridized carbons (Fsp3) is 0.0725. The summed E-state index contributed by atoms with van der Waals surface area (Å²) < 4.78 is 2.18. The number of rotatable bonds is 7. The molecule has 9 aromatic carbocycles. The zero-order valence-corrected chi connectivity index (χ0v) is 40.7. The second-order valence-corrected chi connectivity index (χ2v) is 19.9. The molecule has 12 aromatic rings. The number of allylic oxidation sites excluding steroid dienone is 6. The molecular weight excluding hydrogens is 885 g/mol. The van der Waals surface area contributed by atoms with Gasteiger partial charge in [0.1, 0.15) is 11.5 Å². The van der Waals surface area contributed by atoms with Gasteiger partial charge in [-0.05, 0) is 185 Å². The monoisotopic (exact) mass is 934 g/mol. The molecule has 0 fully saturated rings. The van der Waals surface area contributed by atoms with E-state index in [2.05, 4.69) is 248 Å². The van der Waals surface area contributed by atoms with Crippen LogP contribution in [0.5, 0.6) is 0 Å². The van der Waals surface area contributed by atoms with E-state index in [-0.39, 0.29) is 6.04 Å². The Kier molecular flexibility index (Phi) is 10.1. The molecule has 0 saturated heterocycles. The minimum absolute atomic E-state index is 0.0546. The second-order valence-electron chi connectivity index (χ2n) is 19.9. The van der Waals surface area contributed by atoms with Crippen LogP contribution in [-0.2, 0) is 0 Å². The van der Waals surface area contributed by atoms with Gasteiger partial charge in [-0.1, -0.05) is 165 Å². The summed E-state index contributed by atoms with van der Waals surface area (Å²) in [6.07, 6.45) is 14.2. The summed E-state index contributed by atoms with van der Waals surface area (Å²) in [5.41, 5.74) is 16.3. The van der Waals surface area contributed by atoms with Crippen molar-refractivity contribution in [1.29, 1.82) is 0 Å². The van der Waals surface area contributed by atoms with Gasteiger partial charge in [0.25, 0.3) is 0 Å². The lowest BCUT2D eigenvalue weighted by atomic mass is 9.83. The van der Waals surface area contributed by atoms with Crippen LogP contribution in [-0.4, -0.2) is 20.6 Å². The van der Waals surface area contributed by atoms with Gasteiger partial charge < -0.3 is 5.32 Å². The number of pyridine rings is 2. The second kappa shape index (κ2) is 17.3. The van der Waals surface area contributed by atoms with E-state index in [4.69, 9.17) is 9.97 Å². The number of para-hydroxylation sites is 1. The van der Waals surface area contributed by atoms with Crippen LogP contribution in [0, 0.1) is 5.92 Å². The van der Waals surface area contributed by atoms with Crippen LogP contribution in [0.2, 0.25) is 0 Å². The zero-order chi connectivity index (χ0) is 48.6. The van der Waals surface area contributed by atoms with Crippen LogP contribution in [0.15, 0.2) is 237 Å². The third-order valence-corrected chi connectivity index (χ3v) is 15.4. The highest BCUT2D eigenvalue weighted by Crippen LogP contribution is 2.46. The summed E-state index contributed by atoms with van der Waals surface area (Å²) in [5.74, 6) is 1.31. The summed E-state index contributed by atoms with van der Waals surface area (Å²) in [5, 5.41) is 15.9. The predicted molar refractivity (Wildman–Crippen MR) is 309 cm³/mol. The standard InChI is InChI=1S/C69H50N4/c1-43-14-6-7-17-56(43)49-30-26-47-28-32-52(39-54(47)37-49)68-59-20-9-8-19-58(59)67(51-31-27-46-25-29-48(36-53(46)38-51)45-15-4-3-5-16-45)60-34-33-50(40-63(60)68)62-41-55(42-71-44(62)2)64-22-12-24-66(72-64)73-65-23-11-10-18-57(65)61-21-13-35-70-69(61)73/h3-13,15-44,71H,14H2,1-2H3. The van der Waals surface area contributed by atoms with E-state index in [1.165, 1.54) is 98.7 Å². The number of hydrogen-bond acceptors (Lipinski definition) is 3. The SMILES string of the molecule is CC1CC=CC=C1c1ccc2ccc(-c3c4ccccc4c(-c4ccc5ccc(-c6ccccc6)cc5c4)c4ccc(C5=CC(c6cccc(-n7c8ccccc8c8cccnc87)n6)=CNC5C)cc34)cc2c1. The molecule has 0 amide bonds. The van der Waals surface area contributed by atoms with Crippen LogP contribution in [0.4, 0.5) is 0 Å². The summed E-state index contributed by atoms with van der Waals surface area (Å²) in [4.78, 5) is 10.2. The molecule has 2 atom stereocenters. The van der Waals surface area contributed by atoms with Crippen molar-refractivity contribution in [3.8, 4) is 39.2 Å². The molecule has 3 aromatic heterocycles. The Labute approximate surface area is 424 Å². The number of aromatic nitrogens is 3. The Bertz CT molecular complexity index is 4300. The van der Waals surface area contributed by atoms with Crippen molar-refractivity contribution >= 4 is 81.7 Å². The van der Waals surface area contributed by atoms with E-state index in [0.717, 1.165) is 45.4 Å². The Morgan fingerprint density at radius 1 is 0.479 bits per heavy atom. The van der Waals surface area contributed by atoms with Gasteiger partial charge in [0, 0.05) is 34.8 Å². The highest BCUT2D eigenvalue weighted by molar-refractivity contribution is 6.22. The van der Waals surface area contributed by atoms with Crippen LogP contribution >= 0.6 is 0 Å². The maximum atomic E-state index is 5.35. The third kappa shape index (κ3) is 7.28. The maximum absolute atomic E-state index is 5.35. The molecule has 346 valence electrons. The first kappa shape index (κ1) is 42.7. The molecule has 4 heterocycles. The van der Waals surface area contributed by atoms with Crippen LogP contribution in [0.3, 0.4) is 0 Å². The number of nitrogens with one attached hydrogen (secondary N) is 1. The molecule has 14 rings (SSSR count). The molecule has 4 heteroatoms. The van der Waals surface area contributed by atoms with E-state index in [9.17, 15) is 0 Å². The first-order valence-electron chi connectivity index (χ1n) is 25.5. The molecule has 1 aliphatic heterocycles. The molecular formula is C69H50N4. The van der Waals surface area contributed by atoms with Crippen molar-refractivity contribution in [2.45, 2.75) is 26.3 Å². The summed E-state index contributed by atoms with van der Waals surface area (Å²) in [6.45, 7) is 4.59. The van der Waals surface area contributed by atoms with E-state index >= 15 is 0 Å². The van der Waals surface area contributed by atoms with Gasteiger partial charge in [-0.2, -0.15) is 0 Å². The van der Waals surface area contributed by atoms with Crippen LogP contribution < -0.4 is 5.32 Å². The number of hydrogen-bond donors (Lipinski definition) is 1. The summed E-state index contributed by atoms with van der Waals surface area (Å²) in [6, 6.07) is 73.8. The minimum atomic E-state index is 0.0546. The zero-order valence-electron chi connectivity index (χ0n) is 40.7. The molecule has 0 saturated carbocycles. The fourth-order valence-corrected chi connectivity index (χ4v) is 11.8. The number of nitrogens with zero attached hydrogens (tertiary/aromatic N) is 3. The fourth-order valence-electron chi connectivity index (χ4n) is 11.8. The largest absolute Gasteiger partial charge is 0.384 e. The normalized spacial score (nSPS) is 15.8. The van der Waals surface area contributed by atoms with Gasteiger partial charge in [-0.15, -0.1) is 0 Å². The summed E-state index contributed by atoms with van der Waals surface area (Å²) in [7, 11) is 0. The Hall–Kier alpha value is -9.12. The van der Waals surface area contributed by atoms with Crippen molar-refractivity contribution in [2.24, 2.45) is 5.92 Å². The van der Waals surface area contributed by atoms with Gasteiger partial charge in [-0.25, -0.2) is 9.97 Å². The number of benzene rings is 9. The van der Waals surface area contributed by atoms with E-state index in [1.807, 2.05) is 12.3 Å². The van der Waals surface area contributed by atoms with E-state index in [1.54, 1.807) is 0 Å². The quantitative estimate of drug-likeness (QED) is 0.162. The van der Waals surface area contributed by atoms with Gasteiger partial charge in [-0.3, -0.25) is 4.57 Å². The molecule has 1 aliphatic carbocycles. The van der Waals surface area contributed by atoms with Crippen molar-refractivity contribution in [3.05, 3.63) is 254 Å². The van der Waals surface area contributed by atoms with Gasteiger partial charge in [0.05, 0.1) is 11.2 Å². The van der Waals surface area contributed by atoms with E-state index < -0.39 is 0 Å². The average molecular weight is 935 g/mol. The highest BCUT2D eigenvalue weighted by atomic mass is 15.1. The minimum Gasteiger partial charge on any atom is -0.384 e. The highest BCUT2D eigenvalue weighted by Gasteiger charge is 2.23. The lowest BCUT2D eigenvalue weighted by Gasteiger charge is -2.24. The molecule has 0 radical (unpaired) electrons. The first-order chi connectivity index (χ1) is 36.0. The van der Waals surface area contributed by atoms with Crippen LogP contribution in [0.1, 0.15) is 37.1 Å². The Morgan fingerprint density at radius 2 is 1.10 bits per heavy atom. The third-order valence-electron chi connectivity index (χ3n) is 15.4. The van der Waals surface area contributed by atoms with Crippen molar-refractivity contribution in [1.82, 2.24) is 19.9 Å². The number of fused-ring (bicyclic) bond motifs is 7. The summed E-state index contributed by atoms with van der Waals surface area (Å²) >= 11 is 0. The first-order valence-corrected chi connectivity index (χ1v) is 25.5. The van der Waals surface area contributed by atoms with Gasteiger partial charge in [0.2, 0.25) is 0 Å². The lowest BCUT2D eigenvalue weighted by Crippen LogP contribution is -2.25. The van der Waals surface area contributed by atoms with Gasteiger partial charge >= 0.3 is 0 Å². The molecule has 0 spiro atoms. The molecule has 1 N–H and O–H groups in total. The molecule has 4 nitrogen and oxygen atoms in total. The van der Waals surface area contributed by atoms with Gasteiger partial charge in [0.15, 0.2) is 0 Å². The maximum Gasteiger partial charge on any atom is 0.146 e. The Morgan fingerprint density at radius 3 is 1.86 bits per heavy atom. The predicted octanol–water partition coefficient (Wildman–Crippen LogP) is 17.6. The number of dihydropyridines is 1. The van der Waals surface area contributed by atoms with Crippen molar-refractivity contribution in [3.63, 3.8) is 0 Å². The molecule has 0 bridgehead atoms. The Balaban J connectivity index is 0.957. The molecule has 2 unspecified atom stereocenters. The van der Waals surface area contributed by atoms with E-state index in [0.29, 0.717) is 5.92 Å². The average Bonchev–Trinajstić information content (AvgIpc) is 3.80. The van der Waals surface area contributed by atoms with Crippen molar-refractivity contribution in [2.75, 3.05) is 0 Å². The smallest absolute Gasteiger partial charge is 0.146 e.